The van der Waals surface area contributed by atoms with Gasteiger partial charge in [0.15, 0.2) is 12.4 Å². The van der Waals surface area contributed by atoms with E-state index >= 15 is 0 Å². The van der Waals surface area contributed by atoms with Crippen molar-refractivity contribution in [3.05, 3.63) is 69.5 Å². The van der Waals surface area contributed by atoms with E-state index in [1.54, 1.807) is 13.1 Å². The fourth-order valence-electron chi connectivity index (χ4n) is 3.44. The summed E-state index contributed by atoms with van der Waals surface area (Å²) in [5.41, 5.74) is 7.73. The second kappa shape index (κ2) is 9.18. The SMILES string of the molecule is Cc1ccc(C)c(OCn2ccc(C(=O)Nc3c(C(N)=O)sc4nc(C(F)F)cc(C)c34)n2)c1. The lowest BCUT2D eigenvalue weighted by molar-refractivity contribution is 0.100. The van der Waals surface area contributed by atoms with Crippen LogP contribution in [-0.2, 0) is 6.73 Å². The standard InChI is InChI=1S/C23H21F2N5O3S/c1-11-4-5-12(2)16(8-11)33-10-30-7-6-14(29-30)22(32)28-18-17-13(3)9-15(20(24)25)27-23(17)34-19(18)21(26)31/h4-9,20H,10H2,1-3H3,(H2,26,31)(H,28,32). The summed E-state index contributed by atoms with van der Waals surface area (Å²) in [6, 6.07) is 8.57. The Balaban J connectivity index is 1.58. The highest BCUT2D eigenvalue weighted by Crippen LogP contribution is 2.38. The van der Waals surface area contributed by atoms with Crippen molar-refractivity contribution >= 4 is 39.1 Å². The lowest BCUT2D eigenvalue weighted by Gasteiger charge is -2.10. The number of nitrogens with zero attached hydrogens (tertiary/aromatic N) is 3. The zero-order valence-electron chi connectivity index (χ0n) is 18.6. The van der Waals surface area contributed by atoms with Crippen molar-refractivity contribution < 1.29 is 23.1 Å². The van der Waals surface area contributed by atoms with Gasteiger partial charge < -0.3 is 15.8 Å². The van der Waals surface area contributed by atoms with Crippen LogP contribution in [0.15, 0.2) is 36.5 Å². The molecular weight excluding hydrogens is 464 g/mol. The zero-order valence-corrected chi connectivity index (χ0v) is 19.4. The number of thiophene rings is 1. The first-order valence-corrected chi connectivity index (χ1v) is 11.0. The molecule has 3 aromatic heterocycles. The van der Waals surface area contributed by atoms with Gasteiger partial charge in [-0.15, -0.1) is 11.3 Å². The Morgan fingerprint density at radius 3 is 2.65 bits per heavy atom. The molecule has 0 atom stereocenters. The Hall–Kier alpha value is -3.86. The smallest absolute Gasteiger partial charge is 0.280 e. The molecule has 11 heteroatoms. The van der Waals surface area contributed by atoms with Gasteiger partial charge in [-0.3, -0.25) is 9.59 Å². The summed E-state index contributed by atoms with van der Waals surface area (Å²) in [4.78, 5) is 29.0. The Kier molecular flexibility index (Phi) is 6.29. The Bertz CT molecular complexity index is 1410. The molecule has 0 fully saturated rings. The number of hydrogen-bond acceptors (Lipinski definition) is 6. The van der Waals surface area contributed by atoms with Gasteiger partial charge >= 0.3 is 0 Å². The first-order chi connectivity index (χ1) is 16.1. The predicted octanol–water partition coefficient (Wildman–Crippen LogP) is 4.74. The van der Waals surface area contributed by atoms with E-state index in [0.717, 1.165) is 22.5 Å². The van der Waals surface area contributed by atoms with Crippen LogP contribution in [0.2, 0.25) is 0 Å². The normalized spacial score (nSPS) is 11.2. The third kappa shape index (κ3) is 4.60. The Morgan fingerprint density at radius 1 is 1.18 bits per heavy atom. The van der Waals surface area contributed by atoms with E-state index in [9.17, 15) is 18.4 Å². The van der Waals surface area contributed by atoms with Crippen LogP contribution in [0.1, 0.15) is 49.0 Å². The monoisotopic (exact) mass is 485 g/mol. The van der Waals surface area contributed by atoms with E-state index in [2.05, 4.69) is 15.4 Å². The van der Waals surface area contributed by atoms with Crippen LogP contribution < -0.4 is 15.8 Å². The molecule has 34 heavy (non-hydrogen) atoms. The average Bonchev–Trinajstić information content (AvgIpc) is 3.39. The lowest BCUT2D eigenvalue weighted by atomic mass is 10.1. The summed E-state index contributed by atoms with van der Waals surface area (Å²) in [6.07, 6.45) is -1.18. The molecule has 0 saturated carbocycles. The topological polar surface area (TPSA) is 112 Å². The number of primary amides is 1. The summed E-state index contributed by atoms with van der Waals surface area (Å²) < 4.78 is 33.5. The quantitative estimate of drug-likeness (QED) is 0.393. The maximum absolute atomic E-state index is 13.1. The van der Waals surface area contributed by atoms with Crippen molar-refractivity contribution in [1.82, 2.24) is 14.8 Å². The van der Waals surface area contributed by atoms with E-state index in [4.69, 9.17) is 10.5 Å². The van der Waals surface area contributed by atoms with Crippen molar-refractivity contribution in [1.29, 1.82) is 0 Å². The number of alkyl halides is 2. The van der Waals surface area contributed by atoms with Crippen LogP contribution in [0.25, 0.3) is 10.2 Å². The number of benzene rings is 1. The number of rotatable bonds is 7. The molecule has 0 radical (unpaired) electrons. The van der Waals surface area contributed by atoms with Gasteiger partial charge in [-0.2, -0.15) is 5.10 Å². The first kappa shape index (κ1) is 23.3. The molecule has 2 amide bonds. The van der Waals surface area contributed by atoms with Gasteiger partial charge in [0, 0.05) is 11.6 Å². The number of fused-ring (bicyclic) bond motifs is 1. The van der Waals surface area contributed by atoms with E-state index in [1.165, 1.54) is 16.8 Å². The third-order valence-corrected chi connectivity index (χ3v) is 6.23. The van der Waals surface area contributed by atoms with E-state index in [1.807, 2.05) is 32.0 Å². The number of aryl methyl sites for hydroxylation is 3. The maximum atomic E-state index is 13.1. The van der Waals surface area contributed by atoms with Crippen LogP contribution in [-0.4, -0.2) is 26.6 Å². The molecular formula is C23H21F2N5O3S. The van der Waals surface area contributed by atoms with Gasteiger partial charge in [0.05, 0.1) is 5.69 Å². The number of carbonyl (C=O) groups excluding carboxylic acids is 2. The van der Waals surface area contributed by atoms with Crippen LogP contribution in [0.5, 0.6) is 5.75 Å². The second-order valence-corrected chi connectivity index (χ2v) is 8.75. The molecule has 4 rings (SSSR count). The summed E-state index contributed by atoms with van der Waals surface area (Å²) >= 11 is 0.849. The van der Waals surface area contributed by atoms with Crippen LogP contribution in [0.4, 0.5) is 14.5 Å². The summed E-state index contributed by atoms with van der Waals surface area (Å²) in [7, 11) is 0. The van der Waals surface area contributed by atoms with Crippen molar-refractivity contribution in [2.75, 3.05) is 5.32 Å². The molecule has 176 valence electrons. The highest BCUT2D eigenvalue weighted by molar-refractivity contribution is 7.21. The predicted molar refractivity (Wildman–Crippen MR) is 125 cm³/mol. The van der Waals surface area contributed by atoms with Crippen molar-refractivity contribution in [2.24, 2.45) is 5.73 Å². The van der Waals surface area contributed by atoms with Gasteiger partial charge in [-0.1, -0.05) is 12.1 Å². The number of nitrogens with one attached hydrogen (secondary N) is 1. The van der Waals surface area contributed by atoms with E-state index in [-0.39, 0.29) is 27.8 Å². The van der Waals surface area contributed by atoms with Crippen LogP contribution in [0.3, 0.4) is 0 Å². The molecule has 0 saturated heterocycles. The summed E-state index contributed by atoms with van der Waals surface area (Å²) in [5.74, 6) is -0.683. The van der Waals surface area contributed by atoms with Crippen LogP contribution in [0, 0.1) is 20.8 Å². The second-order valence-electron chi connectivity index (χ2n) is 7.75. The number of ether oxygens (including phenoxy) is 1. The molecule has 8 nitrogen and oxygen atoms in total. The molecule has 3 heterocycles. The molecule has 0 aliphatic heterocycles. The van der Waals surface area contributed by atoms with Crippen LogP contribution >= 0.6 is 11.3 Å². The van der Waals surface area contributed by atoms with Gasteiger partial charge in [-0.05, 0) is 55.7 Å². The minimum absolute atomic E-state index is 0.0167. The number of aromatic nitrogens is 3. The Labute approximate surface area is 197 Å². The highest BCUT2D eigenvalue weighted by atomic mass is 32.1. The molecule has 0 spiro atoms. The molecule has 3 N–H and O–H groups in total. The molecule has 0 aliphatic rings. The van der Waals surface area contributed by atoms with E-state index in [0.29, 0.717) is 16.7 Å². The molecule has 0 aliphatic carbocycles. The average molecular weight is 486 g/mol. The van der Waals surface area contributed by atoms with Crippen molar-refractivity contribution in [3.63, 3.8) is 0 Å². The third-order valence-electron chi connectivity index (χ3n) is 5.13. The molecule has 0 bridgehead atoms. The molecule has 0 unspecified atom stereocenters. The number of halogens is 2. The number of pyridine rings is 1. The number of anilines is 1. The largest absolute Gasteiger partial charge is 0.471 e. The Morgan fingerprint density at radius 2 is 1.94 bits per heavy atom. The van der Waals surface area contributed by atoms with Gasteiger partial charge in [-0.25, -0.2) is 18.4 Å². The minimum Gasteiger partial charge on any atom is -0.471 e. The highest BCUT2D eigenvalue weighted by Gasteiger charge is 2.24. The van der Waals surface area contributed by atoms with Crippen molar-refractivity contribution in [3.8, 4) is 5.75 Å². The first-order valence-electron chi connectivity index (χ1n) is 10.2. The molecule has 4 aromatic rings. The fraction of sp³-hybridized carbons (Fsp3) is 0.217. The number of nitrogens with two attached hydrogens (primary N) is 1. The fourth-order valence-corrected chi connectivity index (χ4v) is 4.51. The van der Waals surface area contributed by atoms with E-state index < -0.39 is 23.9 Å². The van der Waals surface area contributed by atoms with Crippen molar-refractivity contribution in [2.45, 2.75) is 33.9 Å². The maximum Gasteiger partial charge on any atom is 0.280 e. The minimum atomic E-state index is -2.77. The lowest BCUT2D eigenvalue weighted by Crippen LogP contribution is -2.18. The number of carbonyl (C=O) groups is 2. The summed E-state index contributed by atoms with van der Waals surface area (Å²) in [6.45, 7) is 5.58. The van der Waals surface area contributed by atoms with Gasteiger partial charge in [0.25, 0.3) is 18.2 Å². The number of hydrogen-bond donors (Lipinski definition) is 2. The summed E-state index contributed by atoms with van der Waals surface area (Å²) in [5, 5.41) is 7.26. The zero-order chi connectivity index (χ0) is 24.6. The number of amides is 2. The van der Waals surface area contributed by atoms with Gasteiger partial charge in [0.1, 0.15) is 21.2 Å². The van der Waals surface area contributed by atoms with Gasteiger partial charge in [0.2, 0.25) is 0 Å². The molecule has 1 aromatic carbocycles.